The van der Waals surface area contributed by atoms with Crippen LogP contribution in [0.5, 0.6) is 0 Å². The molecule has 2 aliphatic heterocycles. The van der Waals surface area contributed by atoms with Crippen molar-refractivity contribution in [3.63, 3.8) is 0 Å². The minimum absolute atomic E-state index is 0.118. The third kappa shape index (κ3) is 34.8. The van der Waals surface area contributed by atoms with Crippen LogP contribution in [0.25, 0.3) is 44.1 Å². The predicted molar refractivity (Wildman–Crippen MR) is 499 cm³/mol. The van der Waals surface area contributed by atoms with Gasteiger partial charge in [0.1, 0.15) is 0 Å². The second-order valence-electron chi connectivity index (χ2n) is 35.7. The first-order chi connectivity index (χ1) is 60.4. The van der Waals surface area contributed by atoms with E-state index in [1.165, 1.54) is 224 Å². The summed E-state index contributed by atoms with van der Waals surface area (Å²) >= 11 is 1.06. The molecule has 0 radical (unpaired) electrons. The molecular weight excluding hydrogens is 1560 g/mol. The van der Waals surface area contributed by atoms with Gasteiger partial charge in [0, 0.05) is 156 Å². The van der Waals surface area contributed by atoms with Gasteiger partial charge in [0.05, 0.1) is 23.3 Å². The number of ether oxygens (including phenoxy) is 8. The van der Waals surface area contributed by atoms with Gasteiger partial charge in [-0.1, -0.05) is 276 Å². The van der Waals surface area contributed by atoms with Gasteiger partial charge in [0.25, 0.3) is 0 Å². The molecule has 5 heterocycles. The summed E-state index contributed by atoms with van der Waals surface area (Å²) < 4.78 is 52.1. The van der Waals surface area contributed by atoms with Crippen molar-refractivity contribution in [2.75, 3.05) is 110 Å². The van der Waals surface area contributed by atoms with E-state index < -0.39 is 0 Å². The Morgan fingerprint density at radius 2 is 0.361 bits per heavy atom. The molecule has 2 aliphatic carbocycles. The van der Waals surface area contributed by atoms with Gasteiger partial charge in [-0.2, -0.15) is 0 Å². The zero-order valence-electron chi connectivity index (χ0n) is 77.9. The normalized spacial score (nSPS) is 15.7. The van der Waals surface area contributed by atoms with Gasteiger partial charge < -0.3 is 67.8 Å². The van der Waals surface area contributed by atoms with Crippen LogP contribution in [0, 0.1) is 0 Å². The van der Waals surface area contributed by atoms with Crippen LogP contribution >= 0.6 is 0 Å². The standard InChI is InChI=1S/C104H164N8O8.O.V/c1-113-73-49-33-17-9-25-41-57-81-65-66-82(58-42-26-10-18-34-50-74-114-2)90-89(81)97-105-98(90)110-100-93-85(61-45-29-13-21-37-53-77-117-5)69-70-86(62-46-30-14-22-38-54-78-118-6)94(93)102(107-100)112-104-96-88(64-48-32-16-24-40-56-80-120-8)72-71-87(63-47-31-15-23-39-55-79-119-7)95(96)103(108-104)111-101-92-84(60-44-28-12-20-36-52-76-116-4)68-67-83(91(92)99(106-101)109-97)59-43-27-11-19-35-51-75-115-3;;/h65-72,89-90,95-96H,9-64,73-80H2,1-8H3;;/q-2;;. The first-order valence-electron chi connectivity index (χ1n) is 49.3. The van der Waals surface area contributed by atoms with Crippen LogP contribution in [0.1, 0.15) is 403 Å². The Bertz CT molecular complexity index is 3490. The van der Waals surface area contributed by atoms with E-state index in [0.29, 0.717) is 0 Å². The minimum atomic E-state index is -0.118. The third-order valence-electron chi connectivity index (χ3n) is 26.2. The number of allylic oxidation sites excluding steroid dienone is 8. The Morgan fingerprint density at radius 3 is 0.525 bits per heavy atom. The molecule has 3 aromatic heterocycles. The number of fused-ring (bicyclic) bond motifs is 20. The van der Waals surface area contributed by atoms with E-state index in [4.69, 9.17) is 81.4 Å². The van der Waals surface area contributed by atoms with Gasteiger partial charge >= 0.3 is 21.0 Å². The van der Waals surface area contributed by atoms with Crippen molar-refractivity contribution < 1.29 is 58.9 Å². The van der Waals surface area contributed by atoms with Crippen molar-refractivity contribution >= 4 is 44.1 Å². The summed E-state index contributed by atoms with van der Waals surface area (Å²) in [7, 11) is 14.6. The van der Waals surface area contributed by atoms with Gasteiger partial charge in [0.2, 0.25) is 0 Å². The van der Waals surface area contributed by atoms with E-state index in [1.807, 2.05) is 56.9 Å². The molecule has 0 saturated heterocycles. The number of unbranched alkanes of at least 4 members (excludes halogenated alkanes) is 40. The van der Waals surface area contributed by atoms with Gasteiger partial charge in [-0.25, -0.2) is 0 Å². The van der Waals surface area contributed by atoms with Crippen LogP contribution in [0.15, 0.2) is 70.9 Å². The van der Waals surface area contributed by atoms with E-state index >= 15 is 0 Å². The molecule has 17 nitrogen and oxygen atoms in total. The van der Waals surface area contributed by atoms with Gasteiger partial charge in [0.15, 0.2) is 0 Å². The fourth-order valence-corrected chi connectivity index (χ4v) is 19.4. The molecule has 5 aromatic rings. The Balaban J connectivity index is 0.00000917. The zero-order valence-corrected chi connectivity index (χ0v) is 79.3. The van der Waals surface area contributed by atoms with E-state index in [1.54, 1.807) is 0 Å². The molecule has 9 rings (SSSR count). The number of benzene rings is 2. The second kappa shape index (κ2) is 63.7. The molecule has 2 aromatic carbocycles. The Kier molecular flexibility index (Phi) is 53.4. The predicted octanol–water partition coefficient (Wildman–Crippen LogP) is 26.4. The summed E-state index contributed by atoms with van der Waals surface area (Å²) in [5.41, 5.74) is 13.9. The Hall–Kier alpha value is -5.18. The first-order valence-corrected chi connectivity index (χ1v) is 49.9. The molecule has 681 valence electrons. The van der Waals surface area contributed by atoms with E-state index in [9.17, 15) is 0 Å². The second-order valence-corrected chi connectivity index (χ2v) is 35.7. The number of aryl methyl sites for hydroxylation is 4. The van der Waals surface area contributed by atoms with Crippen molar-refractivity contribution in [1.29, 1.82) is 0 Å². The summed E-state index contributed by atoms with van der Waals surface area (Å²) in [6.45, 7) is 6.60. The quantitative estimate of drug-likeness (QED) is 0.0333. The van der Waals surface area contributed by atoms with Gasteiger partial charge in [-0.15, -0.1) is 0 Å². The fourth-order valence-electron chi connectivity index (χ4n) is 19.4. The number of hydrogen-bond acceptors (Lipinski definition) is 15. The fraction of sp³-hybridized carbons (Fsp3) is 0.731. The van der Waals surface area contributed by atoms with Crippen LogP contribution < -0.4 is 9.97 Å². The average Bonchev–Trinajstić information content (AvgIpc) is 1.57. The number of methoxy groups -OCH3 is 8. The van der Waals surface area contributed by atoms with E-state index in [-0.39, 0.29) is 23.7 Å². The Morgan fingerprint density at radius 1 is 0.213 bits per heavy atom. The molecule has 4 aliphatic rings. The summed E-state index contributed by atoms with van der Waals surface area (Å²) in [5, 5.41) is 4.61. The molecule has 4 unspecified atom stereocenters. The van der Waals surface area contributed by atoms with Crippen LogP contribution in [-0.4, -0.2) is 140 Å². The maximum atomic E-state index is 8.19. The van der Waals surface area contributed by atoms with Crippen LogP contribution in [0.4, 0.5) is 0 Å². The molecule has 0 N–H and O–H groups in total. The topological polar surface area (TPSA) is 196 Å². The number of rotatable bonds is 72. The average molecular weight is 1720 g/mol. The monoisotopic (exact) mass is 1720 g/mol. The van der Waals surface area contributed by atoms with Crippen LogP contribution in [0.2, 0.25) is 0 Å². The molecule has 0 amide bonds. The molecule has 4 atom stereocenters. The van der Waals surface area contributed by atoms with E-state index in [2.05, 4.69) is 48.6 Å². The molecule has 0 fully saturated rings. The molecule has 18 heteroatoms. The molecular formula is C104H164N8O9V-2. The van der Waals surface area contributed by atoms with Gasteiger partial charge in [-0.05, 0) is 198 Å². The van der Waals surface area contributed by atoms with Crippen LogP contribution in [0.3, 0.4) is 0 Å². The maximum absolute atomic E-state index is 8.19. The van der Waals surface area contributed by atoms with Crippen molar-refractivity contribution in [1.82, 2.24) is 39.9 Å². The van der Waals surface area contributed by atoms with Crippen molar-refractivity contribution in [3.05, 3.63) is 116 Å². The molecule has 8 bridgehead atoms. The zero-order chi connectivity index (χ0) is 86.1. The van der Waals surface area contributed by atoms with E-state index in [0.717, 1.165) is 317 Å². The Labute approximate surface area is 747 Å². The molecule has 0 saturated carbocycles. The van der Waals surface area contributed by atoms with Crippen molar-refractivity contribution in [2.45, 2.75) is 383 Å². The number of hydrogen-bond donors (Lipinski definition) is 0. The summed E-state index contributed by atoms with van der Waals surface area (Å²) in [6.07, 6.45) is 73.6. The number of aromatic nitrogens is 8. The SMILES string of the molecule is COCCCCCCCCC1=CC=C(CCCCCCCCOC)C2c3nc(nc4[n-]c(nc5nc(nc6[n-]c(n3)c3c(CCCCCCCCOC)ccc(CCCCCCCCOC)c63)C3C(CCCCCCCCOC)=CC=C(CCCCCCCCOC)C53)c3c(CCCCCCCCOC)ccc(CCCCCCCCOC)c43)C12.[O]=[V]. The first kappa shape index (κ1) is 102. The third-order valence-corrected chi connectivity index (χ3v) is 26.2. The summed E-state index contributed by atoms with van der Waals surface area (Å²) in [5.74, 6) is 2.85. The van der Waals surface area contributed by atoms with Crippen molar-refractivity contribution in [3.8, 4) is 0 Å². The molecule has 0 spiro atoms. The van der Waals surface area contributed by atoms with Crippen molar-refractivity contribution in [2.24, 2.45) is 0 Å². The summed E-state index contributed by atoms with van der Waals surface area (Å²) in [4.78, 5) is 48.9. The van der Waals surface area contributed by atoms with Gasteiger partial charge in [-0.3, -0.25) is 9.97 Å². The molecule has 122 heavy (non-hydrogen) atoms. The van der Waals surface area contributed by atoms with Crippen LogP contribution in [-0.2, 0) is 84.6 Å². The number of nitrogens with zero attached hydrogens (tertiary/aromatic N) is 8. The summed E-state index contributed by atoms with van der Waals surface area (Å²) in [6, 6.07) is 9.86.